The molecule has 0 aliphatic heterocycles. The molecule has 31 heavy (non-hydrogen) atoms. The van der Waals surface area contributed by atoms with Crippen LogP contribution in [0, 0.1) is 6.92 Å². The van der Waals surface area contributed by atoms with Gasteiger partial charge in [0.2, 0.25) is 0 Å². The average molecular weight is 451 g/mol. The summed E-state index contributed by atoms with van der Waals surface area (Å²) in [6.45, 7) is 3.77. The Morgan fingerprint density at radius 3 is 2.71 bits per heavy atom. The van der Waals surface area contributed by atoms with Gasteiger partial charge in [-0.15, -0.1) is 15.3 Å². The first-order valence-corrected chi connectivity index (χ1v) is 11.1. The lowest BCUT2D eigenvalue weighted by Crippen LogP contribution is -2.19. The molecule has 0 saturated carbocycles. The molecule has 9 nitrogen and oxygen atoms in total. The molecule has 0 aliphatic carbocycles. The molecule has 0 unspecified atom stereocenters. The number of nitrogens with one attached hydrogen (secondary N) is 1. The zero-order chi connectivity index (χ0) is 21.6. The van der Waals surface area contributed by atoms with Crippen molar-refractivity contribution in [2.75, 3.05) is 0 Å². The lowest BCUT2D eigenvalue weighted by Gasteiger charge is -2.06. The van der Waals surface area contributed by atoms with Gasteiger partial charge >= 0.3 is 0 Å². The molecule has 1 N–H and O–H groups in total. The van der Waals surface area contributed by atoms with Crippen molar-refractivity contribution in [1.82, 2.24) is 35.8 Å². The van der Waals surface area contributed by atoms with Gasteiger partial charge in [-0.25, -0.2) is 10.1 Å². The van der Waals surface area contributed by atoms with Gasteiger partial charge in [0, 0.05) is 11.3 Å². The van der Waals surface area contributed by atoms with Gasteiger partial charge < -0.3 is 0 Å². The van der Waals surface area contributed by atoms with E-state index < -0.39 is 0 Å². The fraction of sp³-hybridized carbons (Fsp3) is 0.150. The topological polar surface area (TPSA) is 111 Å². The highest BCUT2D eigenvalue weighted by Gasteiger charge is 2.08. The number of thioether (sulfide) groups is 1. The van der Waals surface area contributed by atoms with Crippen LogP contribution in [0.1, 0.15) is 33.4 Å². The van der Waals surface area contributed by atoms with Gasteiger partial charge in [0.05, 0.1) is 11.4 Å². The zero-order valence-corrected chi connectivity index (χ0v) is 18.4. The molecule has 4 rings (SSSR count). The highest BCUT2D eigenvalue weighted by molar-refractivity contribution is 8.00. The predicted octanol–water partition coefficient (Wildman–Crippen LogP) is 3.27. The quantitative estimate of drug-likeness (QED) is 0.261. The maximum Gasteiger partial charge on any atom is 0.271 e. The molecule has 2 heterocycles. The Labute approximate surface area is 186 Å². The number of carbonyl (C=O) groups excluding carboxylic acids is 1. The molecule has 11 heteroatoms. The lowest BCUT2D eigenvalue weighted by atomic mass is 10.1. The molecule has 0 radical (unpaired) electrons. The van der Waals surface area contributed by atoms with Crippen molar-refractivity contribution < 1.29 is 4.79 Å². The van der Waals surface area contributed by atoms with E-state index in [0.29, 0.717) is 17.0 Å². The summed E-state index contributed by atoms with van der Waals surface area (Å²) in [5, 5.41) is 24.4. The third-order valence-electron chi connectivity index (χ3n) is 4.28. The second-order valence-electron chi connectivity index (χ2n) is 6.52. The number of hydrogen-bond donors (Lipinski definition) is 1. The second-order valence-corrected chi connectivity index (χ2v) is 8.92. The Bertz CT molecular complexity index is 1200. The Morgan fingerprint density at radius 1 is 1.16 bits per heavy atom. The number of carbonyl (C=O) groups is 1. The number of benzene rings is 2. The van der Waals surface area contributed by atoms with Gasteiger partial charge in [-0.2, -0.15) is 5.10 Å². The first kappa shape index (κ1) is 20.8. The Morgan fingerprint density at radius 2 is 2.00 bits per heavy atom. The van der Waals surface area contributed by atoms with Crippen molar-refractivity contribution in [2.45, 2.75) is 23.9 Å². The van der Waals surface area contributed by atoms with Gasteiger partial charge in [-0.1, -0.05) is 47.4 Å². The smallest absolute Gasteiger partial charge is 0.267 e. The van der Waals surface area contributed by atoms with E-state index in [9.17, 15) is 4.79 Å². The molecular weight excluding hydrogens is 432 g/mol. The maximum absolute atomic E-state index is 12.5. The number of rotatable bonds is 7. The van der Waals surface area contributed by atoms with Crippen LogP contribution >= 0.6 is 23.1 Å². The number of tetrazole rings is 1. The highest BCUT2D eigenvalue weighted by Crippen LogP contribution is 2.25. The fourth-order valence-corrected chi connectivity index (χ4v) is 4.44. The molecule has 0 aliphatic rings. The number of hydrogen-bond acceptors (Lipinski definition) is 9. The molecule has 4 aromatic rings. The van der Waals surface area contributed by atoms with Gasteiger partial charge in [-0.3, -0.25) is 4.79 Å². The highest BCUT2D eigenvalue weighted by atomic mass is 32.2. The molecule has 2 aromatic heterocycles. The van der Waals surface area contributed by atoms with E-state index in [0.717, 1.165) is 26.2 Å². The minimum absolute atomic E-state index is 0.261. The number of nitrogens with zero attached hydrogens (tertiary/aromatic N) is 7. The lowest BCUT2D eigenvalue weighted by molar-refractivity contribution is 0.0954. The monoisotopic (exact) mass is 450 g/mol. The van der Waals surface area contributed by atoms with Crippen molar-refractivity contribution >= 4 is 34.7 Å². The summed E-state index contributed by atoms with van der Waals surface area (Å²) in [5.74, 6) is 0.453. The van der Waals surface area contributed by atoms with Crippen LogP contribution in [0.25, 0.3) is 5.69 Å². The first-order valence-electron chi connectivity index (χ1n) is 9.29. The van der Waals surface area contributed by atoms with E-state index >= 15 is 0 Å². The zero-order valence-electron chi connectivity index (χ0n) is 16.8. The third-order valence-corrected chi connectivity index (χ3v) is 6.33. The average Bonchev–Trinajstić information content (AvgIpc) is 3.48. The van der Waals surface area contributed by atoms with E-state index in [2.05, 4.69) is 36.3 Å². The van der Waals surface area contributed by atoms with Crippen molar-refractivity contribution in [3.8, 4) is 5.69 Å². The van der Waals surface area contributed by atoms with E-state index in [-0.39, 0.29) is 5.91 Å². The molecule has 0 fully saturated rings. The molecular formula is C20H18N8OS2. The summed E-state index contributed by atoms with van der Waals surface area (Å²) in [7, 11) is 0. The molecule has 0 saturated heterocycles. The third kappa shape index (κ3) is 5.38. The van der Waals surface area contributed by atoms with Crippen LogP contribution in [0.3, 0.4) is 0 Å². The van der Waals surface area contributed by atoms with Crippen LogP contribution in [-0.2, 0) is 5.75 Å². The van der Waals surface area contributed by atoms with E-state index in [4.69, 9.17) is 0 Å². The second kappa shape index (κ2) is 9.58. The Kier molecular flexibility index (Phi) is 6.43. The fourth-order valence-electron chi connectivity index (χ4n) is 2.68. The van der Waals surface area contributed by atoms with Crippen LogP contribution in [0.15, 0.2) is 64.3 Å². The van der Waals surface area contributed by atoms with E-state index in [1.54, 1.807) is 33.8 Å². The molecule has 156 valence electrons. The normalized spacial score (nSPS) is 11.5. The van der Waals surface area contributed by atoms with Crippen molar-refractivity contribution in [1.29, 1.82) is 0 Å². The van der Waals surface area contributed by atoms with Gasteiger partial charge in [0.15, 0.2) is 4.34 Å². The van der Waals surface area contributed by atoms with Gasteiger partial charge in [0.25, 0.3) is 5.91 Å². The standard InChI is InChI=1S/C20H18N8OS2/c1-13(16-6-8-18(9-7-16)28-12-21-26-27-28)22-24-19(29)17-5-3-4-15(10-17)11-30-20-25-23-14(2)31-20/h3-10,12H,11H2,1-2H3,(H,24,29). The van der Waals surface area contributed by atoms with Crippen LogP contribution in [0.5, 0.6) is 0 Å². The number of aromatic nitrogens is 6. The van der Waals surface area contributed by atoms with Crippen LogP contribution < -0.4 is 5.43 Å². The molecule has 0 spiro atoms. The summed E-state index contributed by atoms with van der Waals surface area (Å²) in [6.07, 6.45) is 1.53. The minimum atomic E-state index is -0.261. The molecule has 0 atom stereocenters. The summed E-state index contributed by atoms with van der Waals surface area (Å²) in [5.41, 5.74) is 6.62. The van der Waals surface area contributed by atoms with Crippen molar-refractivity contribution in [3.05, 3.63) is 76.6 Å². The van der Waals surface area contributed by atoms with E-state index in [1.807, 2.05) is 56.3 Å². The van der Waals surface area contributed by atoms with Crippen molar-refractivity contribution in [3.63, 3.8) is 0 Å². The number of amides is 1. The van der Waals surface area contributed by atoms with Crippen LogP contribution in [-0.4, -0.2) is 42.0 Å². The van der Waals surface area contributed by atoms with Crippen LogP contribution in [0.4, 0.5) is 0 Å². The molecule has 1 amide bonds. The number of hydrazone groups is 1. The SMILES string of the molecule is CC(=NNC(=O)c1cccc(CSc2nnc(C)s2)c1)c1ccc(-n2cnnn2)cc1. The van der Waals surface area contributed by atoms with Crippen LogP contribution in [0.2, 0.25) is 0 Å². The number of aryl methyl sites for hydroxylation is 1. The summed E-state index contributed by atoms with van der Waals surface area (Å²) >= 11 is 3.16. The molecule has 0 bridgehead atoms. The predicted molar refractivity (Wildman–Crippen MR) is 119 cm³/mol. The largest absolute Gasteiger partial charge is 0.271 e. The summed E-state index contributed by atoms with van der Waals surface area (Å²) in [6, 6.07) is 15.0. The van der Waals surface area contributed by atoms with Gasteiger partial charge in [-0.05, 0) is 59.7 Å². The van der Waals surface area contributed by atoms with Gasteiger partial charge in [0.1, 0.15) is 11.3 Å². The summed E-state index contributed by atoms with van der Waals surface area (Å²) < 4.78 is 2.48. The Hall–Kier alpha value is -3.44. The van der Waals surface area contributed by atoms with Crippen molar-refractivity contribution in [2.24, 2.45) is 5.10 Å². The Balaban J connectivity index is 1.37. The summed E-state index contributed by atoms with van der Waals surface area (Å²) in [4.78, 5) is 12.5. The molecule has 2 aromatic carbocycles. The first-order chi connectivity index (χ1) is 15.1. The maximum atomic E-state index is 12.5. The van der Waals surface area contributed by atoms with E-state index in [1.165, 1.54) is 6.33 Å². The minimum Gasteiger partial charge on any atom is -0.267 e.